The van der Waals surface area contributed by atoms with Crippen LogP contribution in [0.3, 0.4) is 0 Å². The molecule has 0 saturated heterocycles. The number of phosphoric ester groups is 2. The maximum atomic E-state index is 13.1. The van der Waals surface area contributed by atoms with Crippen molar-refractivity contribution >= 4 is 39.5 Å². The lowest BCUT2D eigenvalue weighted by atomic mass is 9.99. The molecule has 612 valence electrons. The summed E-state index contributed by atoms with van der Waals surface area (Å²) in [4.78, 5) is 73.1. The Balaban J connectivity index is 5.21. The Kier molecular flexibility index (Phi) is 75.4. The number of hydrogen-bond donors (Lipinski definition) is 3. The normalized spacial score (nSPS) is 14.1. The molecule has 0 fully saturated rings. The molecule has 103 heavy (non-hydrogen) atoms. The maximum absolute atomic E-state index is 13.1. The Labute approximate surface area is 632 Å². The molecule has 0 aliphatic heterocycles. The molecule has 0 aromatic carbocycles. The van der Waals surface area contributed by atoms with Crippen LogP contribution in [0.15, 0.2) is 0 Å². The van der Waals surface area contributed by atoms with Gasteiger partial charge in [-0.05, 0) is 31.6 Å². The summed E-state index contributed by atoms with van der Waals surface area (Å²) in [5.74, 6) is -1.23. The van der Waals surface area contributed by atoms with Crippen molar-refractivity contribution in [2.75, 3.05) is 39.6 Å². The molecular formula is C84H164O17P2. The lowest BCUT2D eigenvalue weighted by molar-refractivity contribution is -0.161. The molecule has 3 unspecified atom stereocenters. The fourth-order valence-electron chi connectivity index (χ4n) is 13.1. The van der Waals surface area contributed by atoms with Gasteiger partial charge in [0.1, 0.15) is 19.3 Å². The van der Waals surface area contributed by atoms with Gasteiger partial charge in [0.2, 0.25) is 0 Å². The molecule has 3 N–H and O–H groups in total. The molecule has 0 heterocycles. The monoisotopic (exact) mass is 1510 g/mol. The van der Waals surface area contributed by atoms with E-state index in [9.17, 15) is 43.2 Å². The lowest BCUT2D eigenvalue weighted by Gasteiger charge is -2.21. The number of ether oxygens (including phenoxy) is 4. The molecule has 19 heteroatoms. The van der Waals surface area contributed by atoms with Crippen molar-refractivity contribution in [2.45, 2.75) is 470 Å². The minimum Gasteiger partial charge on any atom is -0.462 e. The maximum Gasteiger partial charge on any atom is 0.472 e. The van der Waals surface area contributed by atoms with Gasteiger partial charge in [-0.25, -0.2) is 9.13 Å². The zero-order valence-electron chi connectivity index (χ0n) is 67.5. The zero-order valence-corrected chi connectivity index (χ0v) is 69.3. The van der Waals surface area contributed by atoms with Crippen molar-refractivity contribution in [2.24, 2.45) is 5.92 Å². The smallest absolute Gasteiger partial charge is 0.462 e. The minimum absolute atomic E-state index is 0.108. The number of rotatable bonds is 84. The molecule has 0 aliphatic rings. The topological polar surface area (TPSA) is 237 Å². The van der Waals surface area contributed by atoms with Gasteiger partial charge in [0.25, 0.3) is 0 Å². The number of aliphatic hydroxyl groups is 1. The van der Waals surface area contributed by atoms with Crippen LogP contribution in [0, 0.1) is 5.92 Å². The molecule has 0 bridgehead atoms. The number of hydrogen-bond acceptors (Lipinski definition) is 15. The molecule has 6 atom stereocenters. The Morgan fingerprint density at radius 3 is 0.689 bits per heavy atom. The zero-order chi connectivity index (χ0) is 75.5. The number of phosphoric acid groups is 2. The summed E-state index contributed by atoms with van der Waals surface area (Å²) in [7, 11) is -9.92. The molecule has 0 aliphatic carbocycles. The first-order chi connectivity index (χ1) is 50.1. The predicted molar refractivity (Wildman–Crippen MR) is 423 cm³/mol. The highest BCUT2D eigenvalue weighted by Crippen LogP contribution is 2.45. The third kappa shape index (κ3) is 76.6. The fourth-order valence-corrected chi connectivity index (χ4v) is 14.7. The summed E-state index contributed by atoms with van der Waals surface area (Å²) >= 11 is 0. The van der Waals surface area contributed by atoms with Crippen LogP contribution < -0.4 is 0 Å². The van der Waals surface area contributed by atoms with Crippen LogP contribution in [0.1, 0.15) is 452 Å². The van der Waals surface area contributed by atoms with Gasteiger partial charge in [-0.15, -0.1) is 0 Å². The van der Waals surface area contributed by atoms with E-state index in [0.717, 1.165) is 95.8 Å². The first kappa shape index (κ1) is 101. The molecule has 17 nitrogen and oxygen atoms in total. The largest absolute Gasteiger partial charge is 0.472 e. The van der Waals surface area contributed by atoms with Crippen LogP contribution in [0.25, 0.3) is 0 Å². The highest BCUT2D eigenvalue weighted by atomic mass is 31.2. The van der Waals surface area contributed by atoms with Crippen LogP contribution in [0.2, 0.25) is 0 Å². The lowest BCUT2D eigenvalue weighted by Crippen LogP contribution is -2.30. The SMILES string of the molecule is CCCCCCCCCCCCCCCCCCCCC(=O)OC[C@H](COP(=O)(O)OC[C@@H](O)COP(=O)(O)OC[C@@H](COC(=O)CCCCCCCCCCCC)OC(=O)CCCCCCCCCCCCCCC)OC(=O)CCCCCCCCCCCCCCCCCCCCC(C)CC. The van der Waals surface area contributed by atoms with Crippen molar-refractivity contribution in [3.8, 4) is 0 Å². The van der Waals surface area contributed by atoms with Crippen LogP contribution in [0.5, 0.6) is 0 Å². The second kappa shape index (κ2) is 76.8. The molecule has 0 aromatic rings. The van der Waals surface area contributed by atoms with E-state index < -0.39 is 97.5 Å². The summed E-state index contributed by atoms with van der Waals surface area (Å²) < 4.78 is 68.8. The average molecular weight is 1510 g/mol. The van der Waals surface area contributed by atoms with Crippen LogP contribution in [0.4, 0.5) is 0 Å². The number of esters is 4. The number of unbranched alkanes of at least 4 members (excludes halogenated alkanes) is 55. The third-order valence-electron chi connectivity index (χ3n) is 20.1. The van der Waals surface area contributed by atoms with Gasteiger partial charge in [-0.3, -0.25) is 37.3 Å². The van der Waals surface area contributed by atoms with Gasteiger partial charge < -0.3 is 33.8 Å². The molecule has 0 radical (unpaired) electrons. The van der Waals surface area contributed by atoms with Crippen LogP contribution >= 0.6 is 15.6 Å². The van der Waals surface area contributed by atoms with Crippen molar-refractivity contribution in [3.63, 3.8) is 0 Å². The molecule has 0 saturated carbocycles. The van der Waals surface area contributed by atoms with E-state index in [1.54, 1.807) is 0 Å². The Bertz CT molecular complexity index is 1960. The minimum atomic E-state index is -4.96. The fraction of sp³-hybridized carbons (Fsp3) is 0.952. The quantitative estimate of drug-likeness (QED) is 0.0222. The van der Waals surface area contributed by atoms with E-state index in [0.29, 0.717) is 25.7 Å². The molecule has 0 aromatic heterocycles. The summed E-state index contributed by atoms with van der Waals surface area (Å²) in [5, 5.41) is 10.7. The van der Waals surface area contributed by atoms with E-state index in [1.165, 1.54) is 276 Å². The second-order valence-electron chi connectivity index (χ2n) is 30.5. The van der Waals surface area contributed by atoms with E-state index >= 15 is 0 Å². The average Bonchev–Trinajstić information content (AvgIpc) is 0.921. The van der Waals surface area contributed by atoms with Gasteiger partial charge in [-0.1, -0.05) is 401 Å². The summed E-state index contributed by atoms with van der Waals surface area (Å²) in [5.41, 5.74) is 0. The van der Waals surface area contributed by atoms with Crippen molar-refractivity contribution < 1.29 is 80.2 Å². The highest BCUT2D eigenvalue weighted by Gasteiger charge is 2.30. The second-order valence-corrected chi connectivity index (χ2v) is 33.4. The van der Waals surface area contributed by atoms with Gasteiger partial charge in [-0.2, -0.15) is 0 Å². The predicted octanol–water partition coefficient (Wildman–Crippen LogP) is 25.6. The van der Waals surface area contributed by atoms with E-state index in [2.05, 4.69) is 34.6 Å². The first-order valence-electron chi connectivity index (χ1n) is 43.7. The third-order valence-corrected chi connectivity index (χ3v) is 22.0. The molecular weight excluding hydrogens is 1340 g/mol. The highest BCUT2D eigenvalue weighted by molar-refractivity contribution is 7.47. The number of carbonyl (C=O) groups excluding carboxylic acids is 4. The van der Waals surface area contributed by atoms with Gasteiger partial charge in [0.15, 0.2) is 12.2 Å². The molecule has 0 rings (SSSR count). The van der Waals surface area contributed by atoms with E-state index in [-0.39, 0.29) is 25.7 Å². The van der Waals surface area contributed by atoms with Gasteiger partial charge in [0.05, 0.1) is 26.4 Å². The van der Waals surface area contributed by atoms with E-state index in [1.807, 2.05) is 0 Å². The van der Waals surface area contributed by atoms with Crippen molar-refractivity contribution in [3.05, 3.63) is 0 Å². The van der Waals surface area contributed by atoms with Gasteiger partial charge in [0, 0.05) is 25.7 Å². The molecule has 0 amide bonds. The van der Waals surface area contributed by atoms with Crippen molar-refractivity contribution in [1.82, 2.24) is 0 Å². The summed E-state index contributed by atoms with van der Waals surface area (Å²) in [6, 6.07) is 0. The standard InChI is InChI=1S/C84H164O17P2/c1-6-10-13-16-19-22-25-27-28-29-33-36-40-43-48-53-58-63-68-82(87)95-74-80(101-84(89)70-65-60-55-50-45-41-37-34-31-30-32-35-39-42-46-51-56-61-66-77(5)9-4)76-99-103(92,93)97-72-78(85)71-96-102(90,91)98-75-79(73-94-81(86)67-62-57-52-47-24-21-18-15-12-8-3)100-83(88)69-64-59-54-49-44-38-26-23-20-17-14-11-7-2/h77-80,85H,6-76H2,1-5H3,(H,90,91)(H,92,93)/t77?,78-,79+,80+/m0/s1. The number of aliphatic hydroxyl groups excluding tert-OH is 1. The first-order valence-corrected chi connectivity index (χ1v) is 46.7. The Morgan fingerprint density at radius 2 is 0.466 bits per heavy atom. The Hall–Kier alpha value is -1.94. The molecule has 0 spiro atoms. The van der Waals surface area contributed by atoms with Crippen LogP contribution in [-0.2, 0) is 65.4 Å². The Morgan fingerprint density at radius 1 is 0.272 bits per heavy atom. The van der Waals surface area contributed by atoms with Crippen molar-refractivity contribution in [1.29, 1.82) is 0 Å². The van der Waals surface area contributed by atoms with Crippen LogP contribution in [-0.4, -0.2) is 96.7 Å². The summed E-state index contributed by atoms with van der Waals surface area (Å²) in [6.45, 7) is 7.41. The summed E-state index contributed by atoms with van der Waals surface area (Å²) in [6.07, 6.45) is 69.3. The number of carbonyl (C=O) groups is 4. The van der Waals surface area contributed by atoms with Gasteiger partial charge >= 0.3 is 39.5 Å². The van der Waals surface area contributed by atoms with E-state index in [4.69, 9.17) is 37.0 Å².